The van der Waals surface area contributed by atoms with E-state index in [9.17, 15) is 0 Å². The zero-order valence-corrected chi connectivity index (χ0v) is 30.4. The van der Waals surface area contributed by atoms with Gasteiger partial charge in [-0.2, -0.15) is 0 Å². The van der Waals surface area contributed by atoms with Crippen LogP contribution in [-0.4, -0.2) is 29.2 Å². The van der Waals surface area contributed by atoms with Crippen molar-refractivity contribution in [3.8, 4) is 5.75 Å². The Hall–Kier alpha value is -3.60. The third-order valence-electron chi connectivity index (χ3n) is 8.62. The Morgan fingerprint density at radius 1 is 0.717 bits per heavy atom. The lowest BCUT2D eigenvalue weighted by Gasteiger charge is -2.35. The Morgan fingerprint density at radius 3 is 1.80 bits per heavy atom. The molecule has 1 atom stereocenters. The molecule has 4 heteroatoms. The van der Waals surface area contributed by atoms with Crippen LogP contribution in [0.25, 0.3) is 12.2 Å². The second-order valence-corrected chi connectivity index (χ2v) is 15.5. The summed E-state index contributed by atoms with van der Waals surface area (Å²) in [5, 5.41) is 2.53. The first kappa shape index (κ1) is 35.3. The molecule has 0 saturated heterocycles. The molecule has 1 radical (unpaired) electrons. The molecule has 0 saturated carbocycles. The maximum Gasteiger partial charge on any atom is 0.283 e. The van der Waals surface area contributed by atoms with Crippen molar-refractivity contribution in [3.05, 3.63) is 119 Å². The van der Waals surface area contributed by atoms with E-state index in [-0.39, 0.29) is 11.5 Å². The van der Waals surface area contributed by atoms with E-state index >= 15 is 0 Å². The fourth-order valence-electron chi connectivity index (χ4n) is 5.91. The highest BCUT2D eigenvalue weighted by Gasteiger charge is 2.33. The standard InChI is InChI=1S/C42H54NO2Si/c1-9-11-27-43(28-12-10-2)36-26-25-34(40(31-36)44-8)23-24-35-29-33(4)39(30-32(35)3)41(42(5,6)7)45-46(37-19-15-13-16-20-37)38-21-17-14-18-22-38/h13-26,29-31,41H,9-12,27-28H2,1-8H3. The summed E-state index contributed by atoms with van der Waals surface area (Å²) in [6.07, 6.45) is 9.15. The van der Waals surface area contributed by atoms with Gasteiger partial charge in [0.05, 0.1) is 13.2 Å². The van der Waals surface area contributed by atoms with Gasteiger partial charge in [0.15, 0.2) is 0 Å². The van der Waals surface area contributed by atoms with Crippen molar-refractivity contribution < 1.29 is 9.16 Å². The number of nitrogens with zero attached hydrogens (tertiary/aromatic N) is 1. The Labute approximate surface area is 281 Å². The SMILES string of the molecule is CCCCN(CCCC)c1ccc(C=Cc2cc(C)c(C(O[Si](c3ccccc3)c3ccccc3)C(C)(C)C)cc2C)c(OC)c1. The first-order valence-corrected chi connectivity index (χ1v) is 18.4. The molecule has 0 spiro atoms. The number of rotatable bonds is 15. The first-order chi connectivity index (χ1) is 22.2. The molecule has 0 aliphatic heterocycles. The fourth-order valence-corrected chi connectivity index (χ4v) is 8.22. The van der Waals surface area contributed by atoms with Gasteiger partial charge in [0.25, 0.3) is 9.04 Å². The van der Waals surface area contributed by atoms with Crippen molar-refractivity contribution in [2.75, 3.05) is 25.1 Å². The molecule has 0 N–H and O–H groups in total. The monoisotopic (exact) mass is 632 g/mol. The van der Waals surface area contributed by atoms with Crippen molar-refractivity contribution in [1.29, 1.82) is 0 Å². The molecular weight excluding hydrogens is 579 g/mol. The van der Waals surface area contributed by atoms with E-state index in [0.29, 0.717) is 0 Å². The smallest absolute Gasteiger partial charge is 0.283 e. The highest BCUT2D eigenvalue weighted by molar-refractivity contribution is 6.80. The van der Waals surface area contributed by atoms with Gasteiger partial charge in [-0.3, -0.25) is 0 Å². The molecule has 243 valence electrons. The summed E-state index contributed by atoms with van der Waals surface area (Å²) in [5.41, 5.74) is 7.20. The van der Waals surface area contributed by atoms with Gasteiger partial charge >= 0.3 is 0 Å². The second-order valence-electron chi connectivity index (χ2n) is 13.4. The van der Waals surface area contributed by atoms with Crippen LogP contribution in [0.4, 0.5) is 5.69 Å². The van der Waals surface area contributed by atoms with Gasteiger partial charge in [0, 0.05) is 30.4 Å². The minimum absolute atomic E-state index is 0.0606. The maximum absolute atomic E-state index is 7.25. The highest BCUT2D eigenvalue weighted by Crippen LogP contribution is 2.39. The molecule has 0 aliphatic rings. The molecule has 0 heterocycles. The van der Waals surface area contributed by atoms with Crippen molar-refractivity contribution >= 4 is 37.3 Å². The average molecular weight is 633 g/mol. The zero-order chi connectivity index (χ0) is 33.1. The maximum atomic E-state index is 7.25. The Morgan fingerprint density at radius 2 is 1.28 bits per heavy atom. The van der Waals surface area contributed by atoms with Crippen LogP contribution in [0.15, 0.2) is 91.0 Å². The number of hydrogen-bond donors (Lipinski definition) is 0. The van der Waals surface area contributed by atoms with Gasteiger partial charge < -0.3 is 14.1 Å². The number of hydrogen-bond acceptors (Lipinski definition) is 3. The van der Waals surface area contributed by atoms with Gasteiger partial charge in [-0.25, -0.2) is 0 Å². The number of ether oxygens (including phenoxy) is 1. The summed E-state index contributed by atoms with van der Waals surface area (Å²) in [4.78, 5) is 2.51. The Kier molecular flexibility index (Phi) is 12.9. The van der Waals surface area contributed by atoms with Crippen molar-refractivity contribution in [3.63, 3.8) is 0 Å². The van der Waals surface area contributed by atoms with Crippen molar-refractivity contribution in [2.45, 2.75) is 80.3 Å². The molecule has 0 amide bonds. The Bertz CT molecular complexity index is 1490. The predicted octanol–water partition coefficient (Wildman–Crippen LogP) is 9.80. The Balaban J connectivity index is 1.64. The average Bonchev–Trinajstić information content (AvgIpc) is 3.06. The molecule has 1 unspecified atom stereocenters. The van der Waals surface area contributed by atoms with Gasteiger partial charge in [0.1, 0.15) is 5.75 Å². The third kappa shape index (κ3) is 9.24. The summed E-state index contributed by atoms with van der Waals surface area (Å²) < 4.78 is 13.1. The van der Waals surface area contributed by atoms with Crippen LogP contribution in [0, 0.1) is 19.3 Å². The highest BCUT2D eigenvalue weighted by atomic mass is 28.3. The molecular formula is C42H54NO2Si. The van der Waals surface area contributed by atoms with Crippen molar-refractivity contribution in [2.24, 2.45) is 5.41 Å². The third-order valence-corrected chi connectivity index (χ3v) is 10.8. The molecule has 3 nitrogen and oxygen atoms in total. The summed E-state index contributed by atoms with van der Waals surface area (Å²) in [5.74, 6) is 0.912. The van der Waals surface area contributed by atoms with Gasteiger partial charge in [-0.15, -0.1) is 0 Å². The van der Waals surface area contributed by atoms with Crippen LogP contribution in [0.2, 0.25) is 0 Å². The summed E-state index contributed by atoms with van der Waals surface area (Å²) in [6.45, 7) is 18.0. The van der Waals surface area contributed by atoms with E-state index < -0.39 is 9.04 Å². The topological polar surface area (TPSA) is 21.7 Å². The minimum atomic E-state index is -1.47. The van der Waals surface area contributed by atoms with Crippen LogP contribution in [-0.2, 0) is 4.43 Å². The molecule has 0 bridgehead atoms. The lowest BCUT2D eigenvalue weighted by atomic mass is 9.82. The van der Waals surface area contributed by atoms with Gasteiger partial charge in [-0.05, 0) is 76.9 Å². The lowest BCUT2D eigenvalue weighted by Crippen LogP contribution is -2.47. The van der Waals surface area contributed by atoms with E-state index in [0.717, 1.165) is 24.4 Å². The molecule has 4 aromatic carbocycles. The van der Waals surface area contributed by atoms with Crippen LogP contribution < -0.4 is 20.0 Å². The molecule has 0 fully saturated rings. The summed E-state index contributed by atoms with van der Waals surface area (Å²) in [6, 6.07) is 32.8. The summed E-state index contributed by atoms with van der Waals surface area (Å²) >= 11 is 0. The van der Waals surface area contributed by atoms with Gasteiger partial charge in [0.2, 0.25) is 0 Å². The summed E-state index contributed by atoms with van der Waals surface area (Å²) in [7, 11) is 0.302. The van der Waals surface area contributed by atoms with Crippen LogP contribution >= 0.6 is 0 Å². The van der Waals surface area contributed by atoms with Crippen molar-refractivity contribution in [1.82, 2.24) is 0 Å². The van der Waals surface area contributed by atoms with Crippen LogP contribution in [0.5, 0.6) is 5.75 Å². The lowest BCUT2D eigenvalue weighted by molar-refractivity contribution is 0.0891. The van der Waals surface area contributed by atoms with E-state index in [2.05, 4.69) is 157 Å². The number of methoxy groups -OCH3 is 1. The normalized spacial score (nSPS) is 12.5. The molecule has 0 aliphatic carbocycles. The predicted molar refractivity (Wildman–Crippen MR) is 201 cm³/mol. The number of anilines is 1. The number of unbranched alkanes of at least 4 members (excludes halogenated alkanes) is 2. The van der Waals surface area contributed by atoms with Gasteiger partial charge in [-0.1, -0.05) is 132 Å². The van der Waals surface area contributed by atoms with Crippen LogP contribution in [0.3, 0.4) is 0 Å². The number of aryl methyl sites for hydroxylation is 2. The molecule has 46 heavy (non-hydrogen) atoms. The molecule has 4 aromatic rings. The van der Waals surface area contributed by atoms with E-state index in [4.69, 9.17) is 9.16 Å². The minimum Gasteiger partial charge on any atom is -0.496 e. The zero-order valence-electron chi connectivity index (χ0n) is 29.4. The molecule has 0 aromatic heterocycles. The second kappa shape index (κ2) is 16.8. The van der Waals surface area contributed by atoms with E-state index in [1.165, 1.54) is 64.0 Å². The largest absolute Gasteiger partial charge is 0.496 e. The fraction of sp³-hybridized carbons (Fsp3) is 0.381. The van der Waals surface area contributed by atoms with E-state index in [1.807, 2.05) is 0 Å². The quantitative estimate of drug-likeness (QED) is 0.0962. The molecule has 4 rings (SSSR count). The first-order valence-electron chi connectivity index (χ1n) is 17.0. The number of benzene rings is 4. The van der Waals surface area contributed by atoms with Crippen LogP contribution in [0.1, 0.15) is 94.2 Å². The van der Waals surface area contributed by atoms with E-state index in [1.54, 1.807) is 7.11 Å².